The van der Waals surface area contributed by atoms with Crippen molar-refractivity contribution in [2.45, 2.75) is 111 Å². The Morgan fingerprint density at radius 2 is 1.72 bits per heavy atom. The van der Waals surface area contributed by atoms with Gasteiger partial charge in [-0.15, -0.1) is 0 Å². The van der Waals surface area contributed by atoms with Crippen LogP contribution in [0.2, 0.25) is 0 Å². The Balaban J connectivity index is 1.55. The summed E-state index contributed by atoms with van der Waals surface area (Å²) in [6.45, 7) is 13.7. The lowest BCUT2D eigenvalue weighted by Gasteiger charge is -2.55. The van der Waals surface area contributed by atoms with Crippen molar-refractivity contribution in [2.75, 3.05) is 6.61 Å². The van der Waals surface area contributed by atoms with Crippen molar-refractivity contribution in [3.8, 4) is 0 Å². The number of fused-ring (bicyclic) bond motifs is 5. The van der Waals surface area contributed by atoms with Crippen LogP contribution in [-0.4, -0.2) is 41.0 Å². The van der Waals surface area contributed by atoms with Crippen LogP contribution in [0.5, 0.6) is 0 Å². The molecule has 4 aliphatic rings. The number of cyclic esters (lactones) is 1. The number of aliphatic hydroxyl groups excluding tert-OH is 2. The maximum atomic E-state index is 13.2. The van der Waals surface area contributed by atoms with Crippen LogP contribution in [-0.2, 0) is 9.53 Å². The third kappa shape index (κ3) is 4.47. The Morgan fingerprint density at radius 1 is 1.06 bits per heavy atom. The minimum atomic E-state index is -0.722. The quantitative estimate of drug-likeness (QED) is 0.188. The molecule has 4 rings (SSSR count). The number of rotatable bonds is 7. The second-order valence-electron chi connectivity index (χ2n) is 13.6. The highest BCUT2D eigenvalue weighted by Crippen LogP contribution is 2.66. The van der Waals surface area contributed by atoms with E-state index in [1.165, 1.54) is 0 Å². The van der Waals surface area contributed by atoms with Crippen LogP contribution < -0.4 is 0 Å². The molecule has 1 saturated heterocycles. The number of ether oxygens (including phenoxy) is 1. The average molecular weight is 504 g/mol. The zero-order valence-electron chi connectivity index (χ0n) is 23.3. The third-order valence-electron chi connectivity index (χ3n) is 11.9. The summed E-state index contributed by atoms with van der Waals surface area (Å²) in [7, 11) is 0. The summed E-state index contributed by atoms with van der Waals surface area (Å²) >= 11 is 0. The van der Waals surface area contributed by atoms with Gasteiger partial charge in [0.2, 0.25) is 0 Å². The third-order valence-corrected chi connectivity index (χ3v) is 11.9. The van der Waals surface area contributed by atoms with E-state index in [0.717, 1.165) is 44.9 Å². The largest absolute Gasteiger partial charge is 0.465 e. The fraction of sp³-hybridized carbons (Fsp3) is 0.966. The Morgan fingerprint density at radius 3 is 2.36 bits per heavy atom. The van der Waals surface area contributed by atoms with E-state index in [9.17, 15) is 15.0 Å². The Hall–Kier alpha value is -1.30. The van der Waals surface area contributed by atoms with E-state index in [4.69, 9.17) is 10.3 Å². The van der Waals surface area contributed by atoms with Crippen molar-refractivity contribution in [1.82, 2.24) is 0 Å². The van der Waals surface area contributed by atoms with Crippen molar-refractivity contribution in [3.63, 3.8) is 0 Å². The van der Waals surface area contributed by atoms with E-state index < -0.39 is 12.2 Å². The summed E-state index contributed by atoms with van der Waals surface area (Å²) in [4.78, 5) is 16.2. The highest BCUT2D eigenvalue weighted by molar-refractivity contribution is 5.74. The minimum absolute atomic E-state index is 0.0234. The normalized spacial score (nSPS) is 43.6. The summed E-state index contributed by atoms with van der Waals surface area (Å²) in [5.74, 6) is 1.71. The lowest BCUT2D eigenvalue weighted by Crippen LogP contribution is -2.52. The van der Waals surface area contributed by atoms with Crippen LogP contribution in [0.3, 0.4) is 0 Å². The van der Waals surface area contributed by atoms with Crippen LogP contribution in [0, 0.1) is 58.2 Å². The number of nitrogens with zero attached hydrogens (tertiary/aromatic N) is 3. The van der Waals surface area contributed by atoms with Crippen molar-refractivity contribution in [2.24, 2.45) is 63.3 Å². The number of carbonyl (C=O) groups is 1. The van der Waals surface area contributed by atoms with Gasteiger partial charge in [-0.2, -0.15) is 0 Å². The monoisotopic (exact) mass is 503 g/mol. The Kier molecular flexibility index (Phi) is 8.05. The molecule has 1 heterocycles. The highest BCUT2D eigenvalue weighted by atomic mass is 16.5. The molecule has 12 atom stereocenters. The molecule has 0 bridgehead atoms. The zero-order chi connectivity index (χ0) is 26.4. The SMILES string of the molecule is CC[C@@H](C(C)C)[C@@H](O)[C@H](O)[C@@H](C)[C@H]1CC[C@H]2[C@@H]3COC(=O)[C@H]4C[C@H](N=[N+]=[N-])CC[C@]4(C)[C@H]3CC[C@]12C. The average Bonchev–Trinajstić information content (AvgIpc) is 3.14. The first-order chi connectivity index (χ1) is 17.0. The van der Waals surface area contributed by atoms with E-state index in [0.29, 0.717) is 42.6 Å². The van der Waals surface area contributed by atoms with Gasteiger partial charge in [0.25, 0.3) is 0 Å². The maximum absolute atomic E-state index is 13.2. The van der Waals surface area contributed by atoms with E-state index in [1.54, 1.807) is 0 Å². The van der Waals surface area contributed by atoms with Crippen molar-refractivity contribution in [1.29, 1.82) is 0 Å². The van der Waals surface area contributed by atoms with Crippen LogP contribution in [0.1, 0.15) is 92.9 Å². The number of esters is 1. The van der Waals surface area contributed by atoms with Gasteiger partial charge in [-0.1, -0.05) is 53.1 Å². The van der Waals surface area contributed by atoms with Crippen LogP contribution in [0.4, 0.5) is 0 Å². The molecule has 0 unspecified atom stereocenters. The number of azide groups is 1. The summed E-state index contributed by atoms with van der Waals surface area (Å²) in [6, 6.07) is -0.117. The molecule has 0 radical (unpaired) electrons. The second kappa shape index (κ2) is 10.5. The van der Waals surface area contributed by atoms with Crippen molar-refractivity contribution >= 4 is 5.97 Å². The van der Waals surface area contributed by atoms with E-state index in [-0.39, 0.29) is 40.6 Å². The van der Waals surface area contributed by atoms with Crippen molar-refractivity contribution in [3.05, 3.63) is 10.4 Å². The molecular weight excluding hydrogens is 454 g/mol. The van der Waals surface area contributed by atoms with Gasteiger partial charge >= 0.3 is 5.97 Å². The molecule has 4 fully saturated rings. The molecule has 3 saturated carbocycles. The van der Waals surface area contributed by atoms with E-state index in [1.807, 2.05) is 0 Å². The number of hydrogen-bond donors (Lipinski definition) is 2. The van der Waals surface area contributed by atoms with Gasteiger partial charge in [-0.05, 0) is 103 Å². The second-order valence-corrected chi connectivity index (χ2v) is 13.6. The molecule has 7 heteroatoms. The van der Waals surface area contributed by atoms with Crippen LogP contribution in [0.15, 0.2) is 5.11 Å². The molecule has 0 aromatic carbocycles. The zero-order valence-corrected chi connectivity index (χ0v) is 23.3. The molecule has 3 aliphatic carbocycles. The van der Waals surface area contributed by atoms with Gasteiger partial charge in [-0.25, -0.2) is 0 Å². The minimum Gasteiger partial charge on any atom is -0.465 e. The highest BCUT2D eigenvalue weighted by Gasteiger charge is 2.62. The molecular formula is C29H49N3O4. The molecule has 0 spiro atoms. The fourth-order valence-corrected chi connectivity index (χ4v) is 9.73. The number of carbonyl (C=O) groups excluding carboxylic acids is 1. The predicted octanol–water partition coefficient (Wildman–Crippen LogP) is 6.13. The Labute approximate surface area is 217 Å². The maximum Gasteiger partial charge on any atom is 0.309 e. The number of hydrogen-bond acceptors (Lipinski definition) is 5. The molecule has 2 N–H and O–H groups in total. The Bertz CT molecular complexity index is 859. The fourth-order valence-electron chi connectivity index (χ4n) is 9.73. The van der Waals surface area contributed by atoms with Gasteiger partial charge in [0.1, 0.15) is 0 Å². The topological polar surface area (TPSA) is 116 Å². The smallest absolute Gasteiger partial charge is 0.309 e. The lowest BCUT2D eigenvalue weighted by molar-refractivity contribution is -0.153. The number of aliphatic hydroxyl groups is 2. The summed E-state index contributed by atoms with van der Waals surface area (Å²) < 4.78 is 5.98. The van der Waals surface area contributed by atoms with Gasteiger partial charge in [0.15, 0.2) is 0 Å². The molecule has 0 amide bonds. The first-order valence-electron chi connectivity index (χ1n) is 14.6. The summed E-state index contributed by atoms with van der Waals surface area (Å²) in [6.07, 6.45) is 6.09. The molecule has 36 heavy (non-hydrogen) atoms. The van der Waals surface area contributed by atoms with Gasteiger partial charge in [0, 0.05) is 11.0 Å². The first kappa shape index (κ1) is 27.7. The molecule has 204 valence electrons. The lowest BCUT2D eigenvalue weighted by atomic mass is 9.48. The first-order valence-corrected chi connectivity index (χ1v) is 14.6. The summed E-state index contributed by atoms with van der Waals surface area (Å²) in [5.41, 5.74) is 8.90. The molecule has 1 aliphatic heterocycles. The van der Waals surface area contributed by atoms with Gasteiger partial charge in [-0.3, -0.25) is 4.79 Å². The molecule has 0 aromatic rings. The van der Waals surface area contributed by atoms with Gasteiger partial charge < -0.3 is 14.9 Å². The van der Waals surface area contributed by atoms with Crippen molar-refractivity contribution < 1.29 is 19.7 Å². The van der Waals surface area contributed by atoms with Crippen LogP contribution >= 0.6 is 0 Å². The van der Waals surface area contributed by atoms with Crippen LogP contribution in [0.25, 0.3) is 10.4 Å². The van der Waals surface area contributed by atoms with Gasteiger partial charge in [0.05, 0.1) is 24.7 Å². The summed E-state index contributed by atoms with van der Waals surface area (Å²) in [5, 5.41) is 26.4. The molecule has 0 aromatic heterocycles. The predicted molar refractivity (Wildman–Crippen MR) is 140 cm³/mol. The van der Waals surface area contributed by atoms with E-state index in [2.05, 4.69) is 51.6 Å². The molecule has 7 nitrogen and oxygen atoms in total. The standard InChI is InChI=1S/C29H49N3O4/c1-7-19(16(2)3)26(34)25(33)17(4)21-8-9-22-20-15-36-27(35)24-14-18(31-32-30)10-12-29(24,6)23(20)11-13-28(21,22)5/h16-26,33-34H,7-15H2,1-6H3/t17-,18+,19-,20-,21+,22-,23-,24+,25+,26+,28+,29+/m0/s1. The van der Waals surface area contributed by atoms with E-state index >= 15 is 0 Å².